The summed E-state index contributed by atoms with van der Waals surface area (Å²) in [5.41, 5.74) is 0.0185. The zero-order valence-electron chi connectivity index (χ0n) is 7.47. The smallest absolute Gasteiger partial charge is 0.477 e. The van der Waals surface area contributed by atoms with Crippen LogP contribution in [0.1, 0.15) is 10.5 Å². The molecule has 1 heterocycles. The van der Waals surface area contributed by atoms with Crippen LogP contribution in [0.3, 0.4) is 0 Å². The summed E-state index contributed by atoms with van der Waals surface area (Å²) in [7, 11) is 0. The first-order valence-electron chi connectivity index (χ1n) is 3.54. The molecule has 0 aliphatic heterocycles. The molecule has 0 bridgehead atoms. The fraction of sp³-hybridized carbons (Fsp3) is 0.143. The van der Waals surface area contributed by atoms with Gasteiger partial charge in [-0.2, -0.15) is 13.2 Å². The summed E-state index contributed by atoms with van der Waals surface area (Å²) in [6.07, 6.45) is -2.50. The van der Waals surface area contributed by atoms with Crippen LogP contribution in [0.15, 0.2) is 18.6 Å². The van der Waals surface area contributed by atoms with Crippen LogP contribution in [-0.4, -0.2) is 38.3 Å². The van der Waals surface area contributed by atoms with Crippen molar-refractivity contribution in [3.8, 4) is 0 Å². The number of aromatic nitrogens is 2. The molecule has 2 N–H and O–H groups in total. The lowest BCUT2D eigenvalue weighted by Crippen LogP contribution is -2.21. The van der Waals surface area contributed by atoms with E-state index in [2.05, 4.69) is 9.97 Å². The predicted octanol–water partition coefficient (Wildman–Crippen LogP) is 0.808. The van der Waals surface area contributed by atoms with Crippen molar-refractivity contribution in [1.82, 2.24) is 9.97 Å². The standard InChI is InChI=1S/C5H4N2O2.C2HF3O2/c8-5(9)4-1-2-6-3-7-4;3-2(4,5)1(6)7/h1-3H,(H,8,9);(H,6,7). The third-order valence-electron chi connectivity index (χ3n) is 1.04. The molecule has 0 saturated heterocycles. The number of halogens is 3. The molecule has 0 spiro atoms. The van der Waals surface area contributed by atoms with Gasteiger partial charge in [-0.3, -0.25) is 0 Å². The summed E-state index contributed by atoms with van der Waals surface area (Å²) in [6.45, 7) is 0. The average Bonchev–Trinajstić information content (AvgIpc) is 2.18. The summed E-state index contributed by atoms with van der Waals surface area (Å²) < 4.78 is 31.7. The van der Waals surface area contributed by atoms with E-state index in [1.165, 1.54) is 18.6 Å². The Bertz CT molecular complexity index is 366. The van der Waals surface area contributed by atoms with Gasteiger partial charge < -0.3 is 10.2 Å². The lowest BCUT2D eigenvalue weighted by Gasteiger charge is -1.93. The normalized spacial score (nSPS) is 9.94. The summed E-state index contributed by atoms with van der Waals surface area (Å²) in [5.74, 6) is -3.79. The number of aromatic carboxylic acids is 1. The maximum Gasteiger partial charge on any atom is 0.490 e. The summed E-state index contributed by atoms with van der Waals surface area (Å²) in [6, 6.07) is 1.34. The molecule has 0 saturated carbocycles. The van der Waals surface area contributed by atoms with Crippen LogP contribution in [0.5, 0.6) is 0 Å². The van der Waals surface area contributed by atoms with E-state index < -0.39 is 18.1 Å². The van der Waals surface area contributed by atoms with Crippen molar-refractivity contribution in [3.63, 3.8) is 0 Å². The molecule has 9 heteroatoms. The predicted molar refractivity (Wildman–Crippen MR) is 42.7 cm³/mol. The Kier molecular flexibility index (Phi) is 4.86. The zero-order chi connectivity index (χ0) is 12.8. The van der Waals surface area contributed by atoms with Gasteiger partial charge in [-0.25, -0.2) is 19.6 Å². The second-order valence-electron chi connectivity index (χ2n) is 2.20. The topological polar surface area (TPSA) is 100 Å². The van der Waals surface area contributed by atoms with Gasteiger partial charge in [0.25, 0.3) is 0 Å². The van der Waals surface area contributed by atoms with Gasteiger partial charge in [0.2, 0.25) is 0 Å². The molecular weight excluding hydrogens is 233 g/mol. The molecule has 1 rings (SSSR count). The molecule has 0 aromatic carbocycles. The Morgan fingerprint density at radius 2 is 1.75 bits per heavy atom. The Hall–Kier alpha value is -2.19. The van der Waals surface area contributed by atoms with Crippen molar-refractivity contribution in [2.45, 2.75) is 6.18 Å². The van der Waals surface area contributed by atoms with Crippen LogP contribution in [0.2, 0.25) is 0 Å². The van der Waals surface area contributed by atoms with Gasteiger partial charge in [-0.1, -0.05) is 0 Å². The number of carboxylic acids is 2. The molecule has 6 nitrogen and oxygen atoms in total. The van der Waals surface area contributed by atoms with Gasteiger partial charge in [0.15, 0.2) is 5.69 Å². The molecule has 0 unspecified atom stereocenters. The van der Waals surface area contributed by atoms with E-state index in [1.807, 2.05) is 0 Å². The van der Waals surface area contributed by atoms with Gasteiger partial charge in [-0.05, 0) is 6.07 Å². The van der Waals surface area contributed by atoms with Crippen LogP contribution < -0.4 is 0 Å². The first-order valence-corrected chi connectivity index (χ1v) is 3.54. The Labute approximate surface area is 86.4 Å². The molecule has 0 radical (unpaired) electrons. The second-order valence-corrected chi connectivity index (χ2v) is 2.20. The molecule has 0 aliphatic rings. The number of hydrogen-bond acceptors (Lipinski definition) is 4. The highest BCUT2D eigenvalue weighted by Gasteiger charge is 2.38. The number of carbonyl (C=O) groups is 2. The van der Waals surface area contributed by atoms with Crippen molar-refractivity contribution < 1.29 is 33.0 Å². The quantitative estimate of drug-likeness (QED) is 0.750. The highest BCUT2D eigenvalue weighted by atomic mass is 19.4. The Balaban J connectivity index is 0.000000293. The SMILES string of the molecule is O=C(O)C(F)(F)F.O=C(O)c1ccncn1. The van der Waals surface area contributed by atoms with E-state index in [0.717, 1.165) is 0 Å². The minimum atomic E-state index is -5.08. The van der Waals surface area contributed by atoms with Crippen molar-refractivity contribution in [1.29, 1.82) is 0 Å². The molecule has 0 fully saturated rings. The number of alkyl halides is 3. The van der Waals surface area contributed by atoms with Crippen LogP contribution in [0.4, 0.5) is 13.2 Å². The third kappa shape index (κ3) is 5.52. The van der Waals surface area contributed by atoms with Gasteiger partial charge >= 0.3 is 18.1 Å². The van der Waals surface area contributed by atoms with Gasteiger partial charge in [0.1, 0.15) is 6.33 Å². The van der Waals surface area contributed by atoms with E-state index >= 15 is 0 Å². The highest BCUT2D eigenvalue weighted by molar-refractivity contribution is 5.84. The number of aliphatic carboxylic acids is 1. The number of rotatable bonds is 1. The molecule has 1 aromatic rings. The molecular formula is C7H5F3N2O4. The van der Waals surface area contributed by atoms with Crippen LogP contribution in [0, 0.1) is 0 Å². The molecule has 0 aliphatic carbocycles. The van der Waals surface area contributed by atoms with Crippen LogP contribution >= 0.6 is 0 Å². The fourth-order valence-corrected chi connectivity index (χ4v) is 0.417. The zero-order valence-corrected chi connectivity index (χ0v) is 7.47. The molecule has 1 aromatic heterocycles. The largest absolute Gasteiger partial charge is 0.490 e. The Morgan fingerprint density at radius 1 is 1.25 bits per heavy atom. The fourth-order valence-electron chi connectivity index (χ4n) is 0.417. The van der Waals surface area contributed by atoms with Crippen molar-refractivity contribution in [2.75, 3.05) is 0 Å². The summed E-state index contributed by atoms with van der Waals surface area (Å²) in [5, 5.41) is 15.4. The van der Waals surface area contributed by atoms with E-state index in [9.17, 15) is 18.0 Å². The van der Waals surface area contributed by atoms with Crippen LogP contribution in [0.25, 0.3) is 0 Å². The van der Waals surface area contributed by atoms with E-state index in [1.54, 1.807) is 0 Å². The average molecular weight is 238 g/mol. The van der Waals surface area contributed by atoms with Gasteiger partial charge in [0, 0.05) is 6.20 Å². The van der Waals surface area contributed by atoms with Gasteiger partial charge in [-0.15, -0.1) is 0 Å². The molecule has 0 amide bonds. The van der Waals surface area contributed by atoms with Gasteiger partial charge in [0.05, 0.1) is 0 Å². The second kappa shape index (κ2) is 5.63. The van der Waals surface area contributed by atoms with Crippen molar-refractivity contribution in [2.24, 2.45) is 0 Å². The van der Waals surface area contributed by atoms with Crippen molar-refractivity contribution >= 4 is 11.9 Å². The first kappa shape index (κ1) is 13.8. The monoisotopic (exact) mass is 238 g/mol. The first-order chi connectivity index (χ1) is 7.25. The number of carboxylic acid groups (broad SMARTS) is 2. The maximum atomic E-state index is 10.6. The maximum absolute atomic E-state index is 10.6. The summed E-state index contributed by atoms with van der Waals surface area (Å²) in [4.78, 5) is 26.0. The lowest BCUT2D eigenvalue weighted by molar-refractivity contribution is -0.192. The van der Waals surface area contributed by atoms with Crippen LogP contribution in [-0.2, 0) is 4.79 Å². The van der Waals surface area contributed by atoms with Crippen molar-refractivity contribution in [3.05, 3.63) is 24.3 Å². The van der Waals surface area contributed by atoms with E-state index in [0.29, 0.717) is 0 Å². The highest BCUT2D eigenvalue weighted by Crippen LogP contribution is 2.13. The molecule has 16 heavy (non-hydrogen) atoms. The minimum Gasteiger partial charge on any atom is -0.477 e. The molecule has 88 valence electrons. The van der Waals surface area contributed by atoms with E-state index in [-0.39, 0.29) is 5.69 Å². The molecule has 0 atom stereocenters. The minimum absolute atomic E-state index is 0.0185. The van der Waals surface area contributed by atoms with E-state index in [4.69, 9.17) is 15.0 Å². The number of hydrogen-bond donors (Lipinski definition) is 2. The lowest BCUT2D eigenvalue weighted by atomic mass is 10.4. The number of nitrogens with zero attached hydrogens (tertiary/aromatic N) is 2. The third-order valence-corrected chi connectivity index (χ3v) is 1.04. The Morgan fingerprint density at radius 3 is 1.94 bits per heavy atom. The summed E-state index contributed by atoms with van der Waals surface area (Å²) >= 11 is 0.